The zero-order valence-corrected chi connectivity index (χ0v) is 9.23. The van der Waals surface area contributed by atoms with Gasteiger partial charge in [-0.3, -0.25) is 4.98 Å². The largest absolute Gasteiger partial charge is 0.398 e. The molecule has 0 bridgehead atoms. The zero-order valence-electron chi connectivity index (χ0n) is 9.23. The van der Waals surface area contributed by atoms with E-state index in [1.807, 2.05) is 0 Å². The number of nitrogens with zero attached hydrogens (tertiary/aromatic N) is 1. The molecule has 1 heterocycles. The number of nitrogen functional groups attached to an aromatic ring is 1. The highest BCUT2D eigenvalue weighted by molar-refractivity contribution is 5.44. The lowest BCUT2D eigenvalue weighted by Crippen LogP contribution is -2.29. The summed E-state index contributed by atoms with van der Waals surface area (Å²) >= 11 is 0. The summed E-state index contributed by atoms with van der Waals surface area (Å²) < 4.78 is 4.94. The average Bonchev–Trinajstić information content (AvgIpc) is 2.18. The van der Waals surface area contributed by atoms with E-state index in [-0.39, 0.29) is 0 Å². The highest BCUT2D eigenvalue weighted by atomic mass is 16.5. The first kappa shape index (κ1) is 11.9. The van der Waals surface area contributed by atoms with E-state index in [0.29, 0.717) is 25.1 Å². The Kier molecular flexibility index (Phi) is 4.05. The van der Waals surface area contributed by atoms with Crippen molar-refractivity contribution in [2.75, 3.05) is 19.5 Å². The second-order valence-electron chi connectivity index (χ2n) is 3.99. The van der Waals surface area contributed by atoms with Crippen LogP contribution in [0.5, 0.6) is 0 Å². The molecule has 1 rings (SSSR count). The van der Waals surface area contributed by atoms with Crippen molar-refractivity contribution < 1.29 is 9.84 Å². The molecule has 4 nitrogen and oxygen atoms in total. The van der Waals surface area contributed by atoms with Crippen molar-refractivity contribution in [3.8, 4) is 0 Å². The maximum Gasteiger partial charge on any atom is 0.0683 e. The van der Waals surface area contributed by atoms with Gasteiger partial charge in [-0.1, -0.05) is 0 Å². The molecule has 0 spiro atoms. The molecule has 1 aromatic heterocycles. The first-order valence-electron chi connectivity index (χ1n) is 4.95. The van der Waals surface area contributed by atoms with Crippen LogP contribution in [0.2, 0.25) is 0 Å². The molecule has 15 heavy (non-hydrogen) atoms. The third kappa shape index (κ3) is 3.85. The smallest absolute Gasteiger partial charge is 0.0683 e. The van der Waals surface area contributed by atoms with Gasteiger partial charge in [-0.05, 0) is 25.0 Å². The lowest BCUT2D eigenvalue weighted by molar-refractivity contribution is 0.0250. The fourth-order valence-electron chi connectivity index (χ4n) is 1.41. The van der Waals surface area contributed by atoms with Gasteiger partial charge in [-0.15, -0.1) is 0 Å². The molecule has 0 aliphatic carbocycles. The Bertz CT molecular complexity index is 313. The van der Waals surface area contributed by atoms with Crippen LogP contribution in [0.1, 0.15) is 18.9 Å². The number of anilines is 1. The first-order valence-corrected chi connectivity index (χ1v) is 4.95. The van der Waals surface area contributed by atoms with Crippen molar-refractivity contribution in [1.29, 1.82) is 0 Å². The van der Waals surface area contributed by atoms with Crippen molar-refractivity contribution in [2.24, 2.45) is 0 Å². The predicted molar refractivity (Wildman–Crippen MR) is 59.5 cm³/mol. The Hall–Kier alpha value is -1.13. The number of nitrogens with two attached hydrogens (primary N) is 1. The molecule has 0 aliphatic rings. The van der Waals surface area contributed by atoms with Crippen LogP contribution in [-0.4, -0.2) is 29.4 Å². The van der Waals surface area contributed by atoms with Crippen LogP contribution in [0.15, 0.2) is 18.5 Å². The molecule has 0 radical (unpaired) electrons. The van der Waals surface area contributed by atoms with E-state index in [1.165, 1.54) is 0 Å². The number of ether oxygens (including phenoxy) is 1. The van der Waals surface area contributed by atoms with Gasteiger partial charge < -0.3 is 15.6 Å². The van der Waals surface area contributed by atoms with Crippen molar-refractivity contribution in [2.45, 2.75) is 25.4 Å². The van der Waals surface area contributed by atoms with Crippen LogP contribution in [0, 0.1) is 0 Å². The summed E-state index contributed by atoms with van der Waals surface area (Å²) in [5.41, 5.74) is 6.52. The minimum Gasteiger partial charge on any atom is -0.398 e. The number of hydrogen-bond donors (Lipinski definition) is 2. The van der Waals surface area contributed by atoms with Crippen molar-refractivity contribution in [3.63, 3.8) is 0 Å². The van der Waals surface area contributed by atoms with Gasteiger partial charge in [0.2, 0.25) is 0 Å². The van der Waals surface area contributed by atoms with E-state index in [1.54, 1.807) is 32.5 Å². The summed E-state index contributed by atoms with van der Waals surface area (Å²) in [6, 6.07) is 1.74. The first-order chi connectivity index (χ1) is 7.05. The highest BCUT2D eigenvalue weighted by Crippen LogP contribution is 2.20. The van der Waals surface area contributed by atoms with E-state index in [0.717, 1.165) is 5.56 Å². The fourth-order valence-corrected chi connectivity index (χ4v) is 1.41. The number of rotatable bonds is 5. The van der Waals surface area contributed by atoms with Gasteiger partial charge in [0.25, 0.3) is 0 Å². The second kappa shape index (κ2) is 5.09. The van der Waals surface area contributed by atoms with Crippen LogP contribution < -0.4 is 5.73 Å². The summed E-state index contributed by atoms with van der Waals surface area (Å²) in [5.74, 6) is 0. The fraction of sp³-hybridized carbons (Fsp3) is 0.545. The number of pyridine rings is 1. The Balaban J connectivity index is 2.64. The molecule has 0 aromatic carbocycles. The minimum atomic E-state index is -0.798. The number of methoxy groups -OCH3 is 1. The minimum absolute atomic E-state index is 0.496. The van der Waals surface area contributed by atoms with Gasteiger partial charge in [0.15, 0.2) is 0 Å². The quantitative estimate of drug-likeness (QED) is 0.760. The standard InChI is InChI=1S/C11H18N2O2/c1-11(14,4-6-15-2)7-9-8-13-5-3-10(9)12/h3,5,8,14H,4,6-7H2,1-2H3,(H2,12,13). The zero-order chi connectivity index (χ0) is 11.3. The Morgan fingerprint density at radius 1 is 1.60 bits per heavy atom. The van der Waals surface area contributed by atoms with E-state index in [2.05, 4.69) is 4.98 Å². The molecule has 1 aromatic rings. The third-order valence-corrected chi connectivity index (χ3v) is 2.36. The molecule has 0 saturated carbocycles. The van der Waals surface area contributed by atoms with Gasteiger partial charge in [-0.25, -0.2) is 0 Å². The van der Waals surface area contributed by atoms with Crippen LogP contribution in [-0.2, 0) is 11.2 Å². The van der Waals surface area contributed by atoms with E-state index in [4.69, 9.17) is 10.5 Å². The van der Waals surface area contributed by atoms with E-state index in [9.17, 15) is 5.11 Å². The second-order valence-corrected chi connectivity index (χ2v) is 3.99. The van der Waals surface area contributed by atoms with Crippen LogP contribution >= 0.6 is 0 Å². The van der Waals surface area contributed by atoms with Crippen molar-refractivity contribution >= 4 is 5.69 Å². The SMILES string of the molecule is COCCC(C)(O)Cc1cnccc1N. The van der Waals surface area contributed by atoms with Gasteiger partial charge in [0.1, 0.15) is 0 Å². The van der Waals surface area contributed by atoms with Crippen LogP contribution in [0.3, 0.4) is 0 Å². The molecule has 0 saturated heterocycles. The Morgan fingerprint density at radius 3 is 2.93 bits per heavy atom. The predicted octanol–water partition coefficient (Wildman–Crippen LogP) is 0.994. The number of hydrogen-bond acceptors (Lipinski definition) is 4. The maximum atomic E-state index is 10.1. The van der Waals surface area contributed by atoms with E-state index >= 15 is 0 Å². The monoisotopic (exact) mass is 210 g/mol. The molecule has 3 N–H and O–H groups in total. The Morgan fingerprint density at radius 2 is 2.33 bits per heavy atom. The van der Waals surface area contributed by atoms with Gasteiger partial charge in [0, 0.05) is 38.2 Å². The summed E-state index contributed by atoms with van der Waals surface area (Å²) in [4.78, 5) is 3.99. The topological polar surface area (TPSA) is 68.4 Å². The molecule has 0 amide bonds. The normalized spacial score (nSPS) is 14.9. The summed E-state index contributed by atoms with van der Waals surface area (Å²) in [6.07, 6.45) is 4.41. The number of aliphatic hydroxyl groups is 1. The third-order valence-electron chi connectivity index (χ3n) is 2.36. The van der Waals surface area contributed by atoms with Crippen molar-refractivity contribution in [1.82, 2.24) is 4.98 Å². The van der Waals surface area contributed by atoms with Crippen molar-refractivity contribution in [3.05, 3.63) is 24.0 Å². The molecule has 84 valence electrons. The van der Waals surface area contributed by atoms with Gasteiger partial charge in [0.05, 0.1) is 5.60 Å². The molecule has 1 atom stereocenters. The highest BCUT2D eigenvalue weighted by Gasteiger charge is 2.21. The summed E-state index contributed by atoms with van der Waals surface area (Å²) in [7, 11) is 1.62. The van der Waals surface area contributed by atoms with E-state index < -0.39 is 5.60 Å². The average molecular weight is 210 g/mol. The maximum absolute atomic E-state index is 10.1. The van der Waals surface area contributed by atoms with Gasteiger partial charge >= 0.3 is 0 Å². The number of aromatic nitrogens is 1. The molecule has 0 aliphatic heterocycles. The molecule has 0 fully saturated rings. The molecule has 4 heteroatoms. The molecule has 1 unspecified atom stereocenters. The van der Waals surface area contributed by atoms with Crippen LogP contribution in [0.25, 0.3) is 0 Å². The summed E-state index contributed by atoms with van der Waals surface area (Å²) in [6.45, 7) is 2.31. The molecular formula is C11H18N2O2. The van der Waals surface area contributed by atoms with Crippen LogP contribution in [0.4, 0.5) is 5.69 Å². The lowest BCUT2D eigenvalue weighted by atomic mass is 9.94. The summed E-state index contributed by atoms with van der Waals surface area (Å²) in [5, 5.41) is 10.1. The molecular weight excluding hydrogens is 192 g/mol. The van der Waals surface area contributed by atoms with Gasteiger partial charge in [-0.2, -0.15) is 0 Å². The lowest BCUT2D eigenvalue weighted by Gasteiger charge is -2.23. The Labute approximate surface area is 90.1 Å².